The summed E-state index contributed by atoms with van der Waals surface area (Å²) in [6.45, 7) is 1.92. The third kappa shape index (κ3) is 1.56. The van der Waals surface area contributed by atoms with Crippen molar-refractivity contribution < 1.29 is 0 Å². The maximum absolute atomic E-state index is 4.25. The number of hydrogen-bond acceptors (Lipinski definition) is 3. The van der Waals surface area contributed by atoms with Crippen LogP contribution in [0.4, 0.5) is 0 Å². The highest BCUT2D eigenvalue weighted by Gasteiger charge is 2.00. The van der Waals surface area contributed by atoms with Gasteiger partial charge in [0.1, 0.15) is 0 Å². The van der Waals surface area contributed by atoms with Crippen LogP contribution >= 0.6 is 0 Å². The second kappa shape index (κ2) is 2.97. The summed E-state index contributed by atoms with van der Waals surface area (Å²) < 4.78 is 1.75. The molecule has 0 amide bonds. The van der Waals surface area contributed by atoms with Crippen LogP contribution in [0.15, 0.2) is 24.8 Å². The van der Waals surface area contributed by atoms with Gasteiger partial charge in [-0.25, -0.2) is 0 Å². The molecule has 2 aromatic heterocycles. The molecule has 0 bridgehead atoms. The van der Waals surface area contributed by atoms with Crippen LogP contribution in [0.3, 0.4) is 0 Å². The van der Waals surface area contributed by atoms with E-state index in [9.17, 15) is 0 Å². The Morgan fingerprint density at radius 1 is 1.15 bits per heavy atom. The fourth-order valence-electron chi connectivity index (χ4n) is 1.10. The molecule has 2 heterocycles. The lowest BCUT2D eigenvalue weighted by Crippen LogP contribution is -1.87. The van der Waals surface area contributed by atoms with E-state index in [1.807, 2.05) is 20.2 Å². The van der Waals surface area contributed by atoms with E-state index in [1.54, 1.807) is 23.3 Å². The normalized spacial score (nSPS) is 10.3. The first-order chi connectivity index (χ1) is 6.25. The molecule has 2 rings (SSSR count). The maximum atomic E-state index is 4.25. The van der Waals surface area contributed by atoms with Crippen molar-refractivity contribution in [3.63, 3.8) is 0 Å². The molecule has 0 aliphatic rings. The molecule has 0 saturated carbocycles. The molecular weight excluding hydrogens is 164 g/mol. The molecule has 0 aromatic carbocycles. The monoisotopic (exact) mass is 174 g/mol. The van der Waals surface area contributed by atoms with Gasteiger partial charge in [0.2, 0.25) is 0 Å². The molecule has 0 atom stereocenters. The highest BCUT2D eigenvalue weighted by atomic mass is 15.2. The summed E-state index contributed by atoms with van der Waals surface area (Å²) in [7, 11) is 1.88. The smallest absolute Gasteiger partial charge is 0.0916 e. The summed E-state index contributed by atoms with van der Waals surface area (Å²) in [5.74, 6) is 0. The van der Waals surface area contributed by atoms with Gasteiger partial charge >= 0.3 is 0 Å². The predicted octanol–water partition coefficient (Wildman–Crippen LogP) is 1.19. The summed E-state index contributed by atoms with van der Waals surface area (Å²) in [5.41, 5.74) is 2.78. The zero-order valence-corrected chi connectivity index (χ0v) is 7.60. The molecule has 0 spiro atoms. The van der Waals surface area contributed by atoms with Crippen LogP contribution in [0.5, 0.6) is 0 Å². The van der Waals surface area contributed by atoms with E-state index < -0.39 is 0 Å². The fourth-order valence-corrected chi connectivity index (χ4v) is 1.10. The van der Waals surface area contributed by atoms with Gasteiger partial charge in [-0.15, -0.1) is 0 Å². The van der Waals surface area contributed by atoms with E-state index in [0.717, 1.165) is 17.0 Å². The van der Waals surface area contributed by atoms with Crippen molar-refractivity contribution in [3.05, 3.63) is 30.5 Å². The SMILES string of the molecule is Cc1cnc(-c2cnn(C)c2)cn1. The molecule has 0 aliphatic carbocycles. The Morgan fingerprint density at radius 2 is 2.00 bits per heavy atom. The van der Waals surface area contributed by atoms with Gasteiger partial charge in [-0.3, -0.25) is 14.6 Å². The molecule has 0 fully saturated rings. The lowest BCUT2D eigenvalue weighted by molar-refractivity contribution is 0.768. The van der Waals surface area contributed by atoms with Crippen molar-refractivity contribution in [2.24, 2.45) is 7.05 Å². The maximum Gasteiger partial charge on any atom is 0.0916 e. The number of nitrogens with zero attached hydrogens (tertiary/aromatic N) is 4. The topological polar surface area (TPSA) is 43.6 Å². The molecule has 0 N–H and O–H groups in total. The average molecular weight is 174 g/mol. The van der Waals surface area contributed by atoms with E-state index in [4.69, 9.17) is 0 Å². The van der Waals surface area contributed by atoms with Gasteiger partial charge < -0.3 is 0 Å². The summed E-state index contributed by atoms with van der Waals surface area (Å²) in [6.07, 6.45) is 7.20. The minimum absolute atomic E-state index is 0.860. The van der Waals surface area contributed by atoms with Crippen LogP contribution in [0.2, 0.25) is 0 Å². The highest BCUT2D eigenvalue weighted by Crippen LogP contribution is 2.13. The first-order valence-electron chi connectivity index (χ1n) is 4.03. The van der Waals surface area contributed by atoms with E-state index >= 15 is 0 Å². The highest BCUT2D eigenvalue weighted by molar-refractivity contribution is 5.55. The van der Waals surface area contributed by atoms with Crippen molar-refractivity contribution in [1.29, 1.82) is 0 Å². The Kier molecular flexibility index (Phi) is 1.81. The minimum atomic E-state index is 0.860. The van der Waals surface area contributed by atoms with Crippen LogP contribution in [0.25, 0.3) is 11.3 Å². The third-order valence-corrected chi connectivity index (χ3v) is 1.78. The summed E-state index contributed by atoms with van der Waals surface area (Å²) in [6, 6.07) is 0. The first kappa shape index (κ1) is 7.91. The fraction of sp³-hybridized carbons (Fsp3) is 0.222. The van der Waals surface area contributed by atoms with Crippen molar-refractivity contribution in [2.45, 2.75) is 6.92 Å². The van der Waals surface area contributed by atoms with Crippen LogP contribution in [-0.2, 0) is 7.05 Å². The molecule has 4 heteroatoms. The lowest BCUT2D eigenvalue weighted by Gasteiger charge is -1.94. The van der Waals surface area contributed by atoms with Gasteiger partial charge in [0.25, 0.3) is 0 Å². The molecule has 66 valence electrons. The molecule has 0 aliphatic heterocycles. The van der Waals surface area contributed by atoms with Crippen LogP contribution in [0, 0.1) is 6.92 Å². The molecular formula is C9H10N4. The van der Waals surface area contributed by atoms with Crippen LogP contribution in [-0.4, -0.2) is 19.7 Å². The molecule has 4 nitrogen and oxygen atoms in total. The van der Waals surface area contributed by atoms with Crippen molar-refractivity contribution >= 4 is 0 Å². The van der Waals surface area contributed by atoms with Gasteiger partial charge in [-0.2, -0.15) is 5.10 Å². The van der Waals surface area contributed by atoms with Crippen LogP contribution in [0.1, 0.15) is 5.69 Å². The second-order valence-corrected chi connectivity index (χ2v) is 2.95. The zero-order chi connectivity index (χ0) is 9.26. The third-order valence-electron chi connectivity index (χ3n) is 1.78. The lowest BCUT2D eigenvalue weighted by atomic mass is 10.3. The van der Waals surface area contributed by atoms with Crippen molar-refractivity contribution in [1.82, 2.24) is 19.7 Å². The van der Waals surface area contributed by atoms with Gasteiger partial charge in [0, 0.05) is 25.0 Å². The Balaban J connectivity index is 2.41. The van der Waals surface area contributed by atoms with Crippen molar-refractivity contribution in [3.8, 4) is 11.3 Å². The predicted molar refractivity (Wildman–Crippen MR) is 49.0 cm³/mol. The Hall–Kier alpha value is -1.71. The Bertz CT molecular complexity index is 402. The molecule has 0 unspecified atom stereocenters. The van der Waals surface area contributed by atoms with Crippen LogP contribution < -0.4 is 0 Å². The van der Waals surface area contributed by atoms with Gasteiger partial charge in [0.15, 0.2) is 0 Å². The first-order valence-corrected chi connectivity index (χ1v) is 4.03. The molecule has 2 aromatic rings. The van der Waals surface area contributed by atoms with E-state index in [0.29, 0.717) is 0 Å². The Labute approximate surface area is 76.3 Å². The van der Waals surface area contributed by atoms with Gasteiger partial charge in [-0.1, -0.05) is 0 Å². The summed E-state index contributed by atoms with van der Waals surface area (Å²) in [4.78, 5) is 8.41. The molecule has 0 saturated heterocycles. The van der Waals surface area contributed by atoms with Gasteiger partial charge in [-0.05, 0) is 6.92 Å². The van der Waals surface area contributed by atoms with Gasteiger partial charge in [0.05, 0.1) is 23.8 Å². The standard InChI is InChI=1S/C9H10N4/c1-7-3-11-9(5-10-7)8-4-12-13(2)6-8/h3-6H,1-2H3. The van der Waals surface area contributed by atoms with E-state index in [2.05, 4.69) is 15.1 Å². The zero-order valence-electron chi connectivity index (χ0n) is 7.60. The average Bonchev–Trinajstić information content (AvgIpc) is 2.53. The number of aromatic nitrogens is 4. The Morgan fingerprint density at radius 3 is 2.54 bits per heavy atom. The van der Waals surface area contributed by atoms with E-state index in [1.165, 1.54) is 0 Å². The number of hydrogen-bond donors (Lipinski definition) is 0. The molecule has 13 heavy (non-hydrogen) atoms. The summed E-state index contributed by atoms with van der Waals surface area (Å²) >= 11 is 0. The van der Waals surface area contributed by atoms with E-state index in [-0.39, 0.29) is 0 Å². The minimum Gasteiger partial charge on any atom is -0.275 e. The van der Waals surface area contributed by atoms with Crippen molar-refractivity contribution in [2.75, 3.05) is 0 Å². The molecule has 0 radical (unpaired) electrons. The quantitative estimate of drug-likeness (QED) is 0.652. The second-order valence-electron chi connectivity index (χ2n) is 2.95. The number of aryl methyl sites for hydroxylation is 2. The number of rotatable bonds is 1. The largest absolute Gasteiger partial charge is 0.275 e. The summed E-state index contributed by atoms with van der Waals surface area (Å²) in [5, 5.41) is 4.06.